The third-order valence-electron chi connectivity index (χ3n) is 5.52. The van der Waals surface area contributed by atoms with Gasteiger partial charge in [0, 0.05) is 18.7 Å². The Balaban J connectivity index is 1.59. The Bertz CT molecular complexity index is 1130. The lowest BCUT2D eigenvalue weighted by Crippen LogP contribution is -2.31. The summed E-state index contributed by atoms with van der Waals surface area (Å²) >= 11 is 6.73. The van der Waals surface area contributed by atoms with Crippen LogP contribution >= 0.6 is 24.0 Å². The molecule has 8 heteroatoms. The second-order valence-electron chi connectivity index (χ2n) is 7.44. The van der Waals surface area contributed by atoms with E-state index in [1.807, 2.05) is 49.4 Å². The molecule has 0 N–H and O–H groups in total. The van der Waals surface area contributed by atoms with Gasteiger partial charge in [0.1, 0.15) is 4.32 Å². The van der Waals surface area contributed by atoms with E-state index in [1.54, 1.807) is 24.0 Å². The van der Waals surface area contributed by atoms with Crippen LogP contribution in [-0.4, -0.2) is 48.3 Å². The molecule has 4 rings (SSSR count). The van der Waals surface area contributed by atoms with Gasteiger partial charge in [-0.25, -0.2) is 0 Å². The molecule has 1 fully saturated rings. The molecule has 2 aliphatic rings. The van der Waals surface area contributed by atoms with Crippen LogP contribution in [-0.2, 0) is 16.0 Å². The number of hydrogen-bond donors (Lipinski definition) is 0. The molecule has 2 amide bonds. The molecule has 0 aliphatic carbocycles. The number of amides is 2. The van der Waals surface area contributed by atoms with Crippen molar-refractivity contribution in [2.75, 3.05) is 32.2 Å². The van der Waals surface area contributed by atoms with Gasteiger partial charge in [0.15, 0.2) is 11.5 Å². The summed E-state index contributed by atoms with van der Waals surface area (Å²) in [5.74, 6) is 0.953. The van der Waals surface area contributed by atoms with Gasteiger partial charge in [-0.2, -0.15) is 0 Å². The molecule has 1 saturated heterocycles. The van der Waals surface area contributed by atoms with Gasteiger partial charge in [-0.3, -0.25) is 14.5 Å². The number of benzene rings is 2. The van der Waals surface area contributed by atoms with Crippen LogP contribution in [0.2, 0.25) is 0 Å². The number of rotatable bonds is 7. The lowest BCUT2D eigenvalue weighted by molar-refractivity contribution is -0.122. The lowest BCUT2D eigenvalue weighted by atomic mass is 10.1. The molecule has 166 valence electrons. The topological polar surface area (TPSA) is 59.1 Å². The second kappa shape index (κ2) is 9.34. The fourth-order valence-electron chi connectivity index (χ4n) is 3.96. The minimum Gasteiger partial charge on any atom is -0.493 e. The minimum absolute atomic E-state index is 0.131. The molecule has 0 bridgehead atoms. The van der Waals surface area contributed by atoms with Gasteiger partial charge in [0.25, 0.3) is 11.8 Å². The molecule has 0 radical (unpaired) electrons. The summed E-state index contributed by atoms with van der Waals surface area (Å²) in [6.07, 6.45) is 1.43. The van der Waals surface area contributed by atoms with E-state index in [0.29, 0.717) is 45.8 Å². The van der Waals surface area contributed by atoms with Crippen molar-refractivity contribution in [2.24, 2.45) is 0 Å². The average Bonchev–Trinajstić information content (AvgIpc) is 3.24. The Morgan fingerprint density at radius 1 is 0.938 bits per heavy atom. The number of nitrogens with zero attached hydrogens (tertiary/aromatic N) is 2. The van der Waals surface area contributed by atoms with Crippen molar-refractivity contribution >= 4 is 51.4 Å². The Morgan fingerprint density at radius 3 is 2.41 bits per heavy atom. The number of anilines is 1. The number of hydrogen-bond acceptors (Lipinski definition) is 6. The maximum absolute atomic E-state index is 13.3. The summed E-state index contributed by atoms with van der Waals surface area (Å²) in [7, 11) is 3.18. The van der Waals surface area contributed by atoms with Crippen LogP contribution in [0.4, 0.5) is 5.69 Å². The molecular formula is C24H24N2O4S2. The lowest BCUT2D eigenvalue weighted by Gasteiger charge is -2.16. The van der Waals surface area contributed by atoms with Crippen molar-refractivity contribution < 1.29 is 19.1 Å². The molecule has 2 aliphatic heterocycles. The summed E-state index contributed by atoms with van der Waals surface area (Å²) < 4.78 is 11.1. The standard InChI is InChI=1S/C24H24N2O4S2/c1-4-12-25-17-8-6-5-7-16(17)20(22(25)27)21-23(28)26(24(31)32-21)13-11-15-9-10-18(29-2)19(14-15)30-3/h5-10,14H,4,11-13H2,1-3H3/b21-20-. The number of fused-ring (bicyclic) bond motifs is 1. The number of ether oxygens (including phenoxy) is 2. The van der Waals surface area contributed by atoms with Gasteiger partial charge in [-0.15, -0.1) is 0 Å². The highest BCUT2D eigenvalue weighted by Crippen LogP contribution is 2.44. The Hall–Kier alpha value is -2.84. The number of methoxy groups -OCH3 is 2. The SMILES string of the molecule is CCCN1C(=O)/C(=C2\SC(=S)N(CCc3ccc(OC)c(OC)c3)C2=O)c2ccccc21. The van der Waals surface area contributed by atoms with Gasteiger partial charge < -0.3 is 14.4 Å². The molecule has 0 unspecified atom stereocenters. The average molecular weight is 469 g/mol. The van der Waals surface area contributed by atoms with Crippen LogP contribution in [0.3, 0.4) is 0 Å². The summed E-state index contributed by atoms with van der Waals surface area (Å²) in [6, 6.07) is 13.3. The second-order valence-corrected chi connectivity index (χ2v) is 9.09. The first-order valence-electron chi connectivity index (χ1n) is 10.4. The van der Waals surface area contributed by atoms with Gasteiger partial charge in [0.2, 0.25) is 0 Å². The fourth-order valence-corrected chi connectivity index (χ4v) is 5.34. The van der Waals surface area contributed by atoms with Crippen molar-refractivity contribution in [3.63, 3.8) is 0 Å². The molecule has 2 aromatic rings. The third kappa shape index (κ3) is 3.89. The normalized spacial score (nSPS) is 17.9. The predicted molar refractivity (Wildman–Crippen MR) is 131 cm³/mol. The van der Waals surface area contributed by atoms with E-state index in [0.717, 1.165) is 23.2 Å². The minimum atomic E-state index is -0.211. The van der Waals surface area contributed by atoms with Crippen molar-refractivity contribution in [3.05, 3.63) is 58.5 Å². The van der Waals surface area contributed by atoms with Gasteiger partial charge in [-0.1, -0.05) is 55.2 Å². The van der Waals surface area contributed by atoms with Crippen LogP contribution in [0, 0.1) is 0 Å². The quantitative estimate of drug-likeness (QED) is 0.447. The molecule has 6 nitrogen and oxygen atoms in total. The van der Waals surface area contributed by atoms with Gasteiger partial charge in [-0.05, 0) is 36.6 Å². The predicted octanol–water partition coefficient (Wildman–Crippen LogP) is 4.27. The summed E-state index contributed by atoms with van der Waals surface area (Å²) in [4.78, 5) is 30.3. The van der Waals surface area contributed by atoms with E-state index in [9.17, 15) is 9.59 Å². The van der Waals surface area contributed by atoms with E-state index in [4.69, 9.17) is 21.7 Å². The maximum Gasteiger partial charge on any atom is 0.267 e. The van der Waals surface area contributed by atoms with Crippen LogP contribution in [0.1, 0.15) is 24.5 Å². The summed E-state index contributed by atoms with van der Waals surface area (Å²) in [5.41, 5.74) is 3.11. The van der Waals surface area contributed by atoms with E-state index < -0.39 is 0 Å². The molecule has 2 aromatic carbocycles. The molecular weight excluding hydrogens is 444 g/mol. The van der Waals surface area contributed by atoms with Crippen LogP contribution < -0.4 is 14.4 Å². The molecule has 32 heavy (non-hydrogen) atoms. The highest BCUT2D eigenvalue weighted by atomic mass is 32.2. The van der Waals surface area contributed by atoms with E-state index in [1.165, 1.54) is 11.8 Å². The highest BCUT2D eigenvalue weighted by Gasteiger charge is 2.41. The highest BCUT2D eigenvalue weighted by molar-refractivity contribution is 8.26. The Kier molecular flexibility index (Phi) is 6.53. The number of thioether (sulfide) groups is 1. The van der Waals surface area contributed by atoms with E-state index in [2.05, 4.69) is 0 Å². The van der Waals surface area contributed by atoms with E-state index in [-0.39, 0.29) is 11.8 Å². The monoisotopic (exact) mass is 468 g/mol. The fraction of sp³-hybridized carbons (Fsp3) is 0.292. The third-order valence-corrected chi connectivity index (χ3v) is 6.97. The number of thiocarbonyl (C=S) groups is 1. The number of carbonyl (C=O) groups is 2. The van der Waals surface area contributed by atoms with Gasteiger partial charge in [0.05, 0.1) is 30.4 Å². The van der Waals surface area contributed by atoms with Crippen molar-refractivity contribution in [2.45, 2.75) is 19.8 Å². The zero-order valence-electron chi connectivity index (χ0n) is 18.2. The first kappa shape index (κ1) is 22.4. The van der Waals surface area contributed by atoms with E-state index >= 15 is 0 Å². The first-order valence-corrected chi connectivity index (χ1v) is 11.6. The van der Waals surface area contributed by atoms with Crippen molar-refractivity contribution in [3.8, 4) is 11.5 Å². The molecule has 0 aromatic heterocycles. The van der Waals surface area contributed by atoms with Gasteiger partial charge >= 0.3 is 0 Å². The Labute approximate surface area is 197 Å². The summed E-state index contributed by atoms with van der Waals surface area (Å²) in [6.45, 7) is 3.06. The van der Waals surface area contributed by atoms with Crippen LogP contribution in [0.5, 0.6) is 11.5 Å². The molecule has 2 heterocycles. The zero-order chi connectivity index (χ0) is 22.8. The molecule has 0 saturated carbocycles. The number of carbonyl (C=O) groups excluding carboxylic acids is 2. The van der Waals surface area contributed by atoms with Crippen LogP contribution in [0.15, 0.2) is 47.4 Å². The first-order chi connectivity index (χ1) is 15.5. The molecule has 0 spiro atoms. The number of para-hydroxylation sites is 1. The largest absolute Gasteiger partial charge is 0.493 e. The maximum atomic E-state index is 13.3. The van der Waals surface area contributed by atoms with Crippen molar-refractivity contribution in [1.29, 1.82) is 0 Å². The summed E-state index contributed by atoms with van der Waals surface area (Å²) in [5, 5.41) is 0. The zero-order valence-corrected chi connectivity index (χ0v) is 19.8. The van der Waals surface area contributed by atoms with Crippen LogP contribution in [0.25, 0.3) is 5.57 Å². The molecule has 0 atom stereocenters. The Morgan fingerprint density at radius 2 is 1.69 bits per heavy atom. The smallest absolute Gasteiger partial charge is 0.267 e. The van der Waals surface area contributed by atoms with Crippen molar-refractivity contribution in [1.82, 2.24) is 4.90 Å².